The van der Waals surface area contributed by atoms with Crippen LogP contribution in [0.2, 0.25) is 0 Å². The highest BCUT2D eigenvalue weighted by Gasteiger charge is 2.18. The zero-order chi connectivity index (χ0) is 14.8. The van der Waals surface area contributed by atoms with Crippen LogP contribution >= 0.6 is 0 Å². The van der Waals surface area contributed by atoms with Gasteiger partial charge in [0.05, 0.1) is 6.54 Å². The molecule has 0 fully saturated rings. The van der Waals surface area contributed by atoms with Crippen molar-refractivity contribution in [2.24, 2.45) is 0 Å². The first-order valence-electron chi connectivity index (χ1n) is 7.36. The van der Waals surface area contributed by atoms with E-state index in [1.165, 1.54) is 5.56 Å². The van der Waals surface area contributed by atoms with Gasteiger partial charge in [0.25, 0.3) is 0 Å². The lowest BCUT2D eigenvalue weighted by Gasteiger charge is -2.28. The van der Waals surface area contributed by atoms with Gasteiger partial charge in [0, 0.05) is 25.7 Å². The Hall–Kier alpha value is -2.76. The van der Waals surface area contributed by atoms with Crippen molar-refractivity contribution in [2.45, 2.75) is 19.5 Å². The zero-order valence-electron chi connectivity index (χ0n) is 12.1. The third-order valence-corrected chi connectivity index (χ3v) is 3.86. The number of hydrogen-bond acceptors (Lipinski definition) is 5. The molecule has 6 nitrogen and oxygen atoms in total. The van der Waals surface area contributed by atoms with Crippen LogP contribution in [0.25, 0.3) is 0 Å². The predicted octanol–water partition coefficient (Wildman–Crippen LogP) is 1.68. The van der Waals surface area contributed by atoms with Crippen LogP contribution in [0.15, 0.2) is 48.9 Å². The SMILES string of the molecule is c1ccc(Cc2nccc(N3CCn4cnnc4C3)n2)cc1. The van der Waals surface area contributed by atoms with Gasteiger partial charge in [-0.25, -0.2) is 9.97 Å². The number of fused-ring (bicyclic) bond motifs is 1. The standard InChI is InChI=1S/C16H16N6/c1-2-4-13(5-3-1)10-14-17-7-6-15(19-14)21-8-9-22-12-18-20-16(22)11-21/h1-7,12H,8-11H2. The van der Waals surface area contributed by atoms with Crippen molar-refractivity contribution < 1.29 is 0 Å². The van der Waals surface area contributed by atoms with Crippen molar-refractivity contribution in [3.05, 3.63) is 66.1 Å². The monoisotopic (exact) mass is 292 g/mol. The smallest absolute Gasteiger partial charge is 0.152 e. The molecule has 0 amide bonds. The van der Waals surface area contributed by atoms with Crippen LogP contribution in [0.5, 0.6) is 0 Å². The van der Waals surface area contributed by atoms with Gasteiger partial charge in [-0.1, -0.05) is 30.3 Å². The molecule has 1 aliphatic rings. The summed E-state index contributed by atoms with van der Waals surface area (Å²) in [6.07, 6.45) is 4.37. The Morgan fingerprint density at radius 3 is 2.86 bits per heavy atom. The van der Waals surface area contributed by atoms with Gasteiger partial charge >= 0.3 is 0 Å². The second kappa shape index (κ2) is 5.55. The third-order valence-electron chi connectivity index (χ3n) is 3.86. The third kappa shape index (κ3) is 2.55. The van der Waals surface area contributed by atoms with Gasteiger partial charge in [-0.05, 0) is 11.6 Å². The van der Waals surface area contributed by atoms with Crippen LogP contribution in [0.3, 0.4) is 0 Å². The summed E-state index contributed by atoms with van der Waals surface area (Å²) in [5, 5.41) is 8.11. The summed E-state index contributed by atoms with van der Waals surface area (Å²) in [5.74, 6) is 2.78. The van der Waals surface area contributed by atoms with Crippen LogP contribution in [0.1, 0.15) is 17.2 Å². The van der Waals surface area contributed by atoms with E-state index in [0.29, 0.717) is 0 Å². The summed E-state index contributed by atoms with van der Waals surface area (Å²) in [6.45, 7) is 2.54. The molecule has 22 heavy (non-hydrogen) atoms. The first-order chi connectivity index (χ1) is 10.9. The highest BCUT2D eigenvalue weighted by molar-refractivity contribution is 5.38. The Balaban J connectivity index is 1.55. The number of nitrogens with zero attached hydrogens (tertiary/aromatic N) is 6. The average Bonchev–Trinajstić information content (AvgIpc) is 3.04. The Morgan fingerprint density at radius 1 is 1.05 bits per heavy atom. The number of hydrogen-bond donors (Lipinski definition) is 0. The van der Waals surface area contributed by atoms with E-state index < -0.39 is 0 Å². The van der Waals surface area contributed by atoms with Crippen molar-refractivity contribution in [1.29, 1.82) is 0 Å². The maximum Gasteiger partial charge on any atom is 0.152 e. The minimum absolute atomic E-state index is 0.738. The molecule has 6 heteroatoms. The molecule has 0 saturated heterocycles. The number of aromatic nitrogens is 5. The highest BCUT2D eigenvalue weighted by atomic mass is 15.3. The predicted molar refractivity (Wildman–Crippen MR) is 82.4 cm³/mol. The summed E-state index contributed by atoms with van der Waals surface area (Å²) in [4.78, 5) is 11.3. The largest absolute Gasteiger partial charge is 0.347 e. The summed E-state index contributed by atoms with van der Waals surface area (Å²) in [6, 6.07) is 12.2. The molecule has 4 rings (SSSR count). The summed E-state index contributed by atoms with van der Waals surface area (Å²) >= 11 is 0. The van der Waals surface area contributed by atoms with Gasteiger partial charge in [0.15, 0.2) is 5.82 Å². The molecule has 0 saturated carbocycles. The van der Waals surface area contributed by atoms with E-state index in [0.717, 1.165) is 43.5 Å². The molecule has 1 aromatic carbocycles. The molecule has 1 aliphatic heterocycles. The van der Waals surface area contributed by atoms with Crippen molar-refractivity contribution in [3.63, 3.8) is 0 Å². The lowest BCUT2D eigenvalue weighted by molar-refractivity contribution is 0.555. The maximum atomic E-state index is 4.71. The van der Waals surface area contributed by atoms with Gasteiger partial charge in [-0.2, -0.15) is 0 Å². The molecular weight excluding hydrogens is 276 g/mol. The first-order valence-corrected chi connectivity index (χ1v) is 7.36. The van der Waals surface area contributed by atoms with Crippen LogP contribution in [-0.4, -0.2) is 31.3 Å². The Kier molecular flexibility index (Phi) is 3.27. The van der Waals surface area contributed by atoms with Crippen LogP contribution < -0.4 is 4.90 Å². The summed E-state index contributed by atoms with van der Waals surface area (Å²) < 4.78 is 2.09. The number of anilines is 1. The molecule has 3 heterocycles. The molecular formula is C16H16N6. The van der Waals surface area contributed by atoms with Crippen molar-refractivity contribution in [3.8, 4) is 0 Å². The van der Waals surface area contributed by atoms with Crippen LogP contribution in [0.4, 0.5) is 5.82 Å². The fourth-order valence-electron chi connectivity index (χ4n) is 2.69. The fraction of sp³-hybridized carbons (Fsp3) is 0.250. The fourth-order valence-corrected chi connectivity index (χ4v) is 2.69. The Labute approximate surface area is 128 Å². The van der Waals surface area contributed by atoms with Crippen molar-refractivity contribution in [1.82, 2.24) is 24.7 Å². The second-order valence-corrected chi connectivity index (χ2v) is 5.36. The molecule has 110 valence electrons. The van der Waals surface area contributed by atoms with Gasteiger partial charge < -0.3 is 9.47 Å². The molecule has 0 bridgehead atoms. The molecule has 0 spiro atoms. The van der Waals surface area contributed by atoms with E-state index >= 15 is 0 Å². The first kappa shape index (κ1) is 12.9. The topological polar surface area (TPSA) is 59.7 Å². The summed E-state index contributed by atoms with van der Waals surface area (Å²) in [5.41, 5.74) is 1.22. The molecule has 3 aromatic rings. The lowest BCUT2D eigenvalue weighted by Crippen LogP contribution is -2.34. The summed E-state index contributed by atoms with van der Waals surface area (Å²) in [7, 11) is 0. The van der Waals surface area contributed by atoms with E-state index in [1.807, 2.05) is 30.5 Å². The van der Waals surface area contributed by atoms with E-state index in [2.05, 4.69) is 36.8 Å². The van der Waals surface area contributed by atoms with Crippen LogP contribution in [-0.2, 0) is 19.5 Å². The van der Waals surface area contributed by atoms with Crippen LogP contribution in [0, 0.1) is 0 Å². The highest BCUT2D eigenvalue weighted by Crippen LogP contribution is 2.18. The molecule has 0 N–H and O–H groups in total. The average molecular weight is 292 g/mol. The minimum atomic E-state index is 0.738. The number of benzene rings is 1. The normalized spacial score (nSPS) is 13.9. The molecule has 2 aromatic heterocycles. The second-order valence-electron chi connectivity index (χ2n) is 5.36. The van der Waals surface area contributed by atoms with Gasteiger partial charge in [-0.3, -0.25) is 0 Å². The molecule has 0 unspecified atom stereocenters. The van der Waals surface area contributed by atoms with E-state index in [-0.39, 0.29) is 0 Å². The van der Waals surface area contributed by atoms with Crippen molar-refractivity contribution >= 4 is 5.82 Å². The number of rotatable bonds is 3. The maximum absolute atomic E-state index is 4.71. The van der Waals surface area contributed by atoms with E-state index in [4.69, 9.17) is 4.98 Å². The van der Waals surface area contributed by atoms with Gasteiger partial charge in [0.2, 0.25) is 0 Å². The van der Waals surface area contributed by atoms with E-state index in [9.17, 15) is 0 Å². The van der Waals surface area contributed by atoms with Gasteiger partial charge in [-0.15, -0.1) is 10.2 Å². The molecule has 0 atom stereocenters. The van der Waals surface area contributed by atoms with E-state index in [1.54, 1.807) is 6.33 Å². The minimum Gasteiger partial charge on any atom is -0.347 e. The molecule has 0 radical (unpaired) electrons. The zero-order valence-corrected chi connectivity index (χ0v) is 12.1. The van der Waals surface area contributed by atoms with Crippen molar-refractivity contribution in [2.75, 3.05) is 11.4 Å². The molecule has 0 aliphatic carbocycles. The Bertz CT molecular complexity index is 767. The van der Waals surface area contributed by atoms with Gasteiger partial charge in [0.1, 0.15) is 18.0 Å². The lowest BCUT2D eigenvalue weighted by atomic mass is 10.1. The Morgan fingerprint density at radius 2 is 1.95 bits per heavy atom. The quantitative estimate of drug-likeness (QED) is 0.735.